The van der Waals surface area contributed by atoms with Crippen LogP contribution in [0.1, 0.15) is 19.4 Å². The number of rotatable bonds is 10. The Kier molecular flexibility index (Phi) is 9.53. The van der Waals surface area contributed by atoms with Gasteiger partial charge in [-0.25, -0.2) is 12.8 Å². The third-order valence-electron chi connectivity index (χ3n) is 5.63. The van der Waals surface area contributed by atoms with Crippen LogP contribution in [0.5, 0.6) is 0 Å². The monoisotopic (exact) mass is 565 g/mol. The highest BCUT2D eigenvalue weighted by atomic mass is 35.5. The van der Waals surface area contributed by atoms with E-state index in [-0.39, 0.29) is 32.7 Å². The zero-order valence-electron chi connectivity index (χ0n) is 20.2. The highest BCUT2D eigenvalue weighted by molar-refractivity contribution is 7.92. The fraction of sp³-hybridized carbons (Fsp3) is 0.231. The van der Waals surface area contributed by atoms with Gasteiger partial charge in [0.05, 0.1) is 20.6 Å². The highest BCUT2D eigenvalue weighted by Crippen LogP contribution is 2.35. The molecule has 0 aliphatic carbocycles. The zero-order chi connectivity index (χ0) is 27.2. The quantitative estimate of drug-likeness (QED) is 0.379. The van der Waals surface area contributed by atoms with Gasteiger partial charge in [0.1, 0.15) is 18.4 Å². The molecule has 0 radical (unpaired) electrons. The molecule has 37 heavy (non-hydrogen) atoms. The van der Waals surface area contributed by atoms with Crippen LogP contribution in [0.4, 0.5) is 10.1 Å². The van der Waals surface area contributed by atoms with Crippen LogP contribution in [-0.4, -0.2) is 44.3 Å². The van der Waals surface area contributed by atoms with E-state index in [0.29, 0.717) is 6.54 Å². The SMILES string of the molecule is CCNC(=O)C(C)N(Cc1ccccc1F)C(=O)CN(c1cccc(Cl)c1Cl)S(=O)(=O)c1ccccc1. The summed E-state index contributed by atoms with van der Waals surface area (Å²) in [5.41, 5.74) is 0.160. The van der Waals surface area contributed by atoms with Crippen molar-refractivity contribution in [2.45, 2.75) is 31.3 Å². The Morgan fingerprint density at radius 3 is 2.27 bits per heavy atom. The first-order valence-corrected chi connectivity index (χ1v) is 13.6. The van der Waals surface area contributed by atoms with Gasteiger partial charge in [-0.2, -0.15) is 0 Å². The van der Waals surface area contributed by atoms with E-state index in [9.17, 15) is 22.4 Å². The van der Waals surface area contributed by atoms with Crippen LogP contribution in [0, 0.1) is 5.82 Å². The van der Waals surface area contributed by atoms with Crippen LogP contribution in [0.2, 0.25) is 10.0 Å². The third-order valence-corrected chi connectivity index (χ3v) is 8.21. The van der Waals surface area contributed by atoms with Gasteiger partial charge in [-0.05, 0) is 44.2 Å². The molecule has 0 bridgehead atoms. The number of sulfonamides is 1. The van der Waals surface area contributed by atoms with Crippen molar-refractivity contribution in [1.29, 1.82) is 0 Å². The number of amides is 2. The van der Waals surface area contributed by atoms with Crippen LogP contribution in [0.3, 0.4) is 0 Å². The number of halogens is 3. The molecule has 3 aromatic rings. The van der Waals surface area contributed by atoms with Gasteiger partial charge in [0, 0.05) is 18.7 Å². The van der Waals surface area contributed by atoms with Gasteiger partial charge in [0.2, 0.25) is 11.8 Å². The molecule has 0 saturated heterocycles. The van der Waals surface area contributed by atoms with Crippen LogP contribution in [0.15, 0.2) is 77.7 Å². The lowest BCUT2D eigenvalue weighted by Crippen LogP contribution is -2.51. The van der Waals surface area contributed by atoms with Crippen molar-refractivity contribution in [3.8, 4) is 0 Å². The van der Waals surface area contributed by atoms with E-state index < -0.39 is 40.2 Å². The average Bonchev–Trinajstić information content (AvgIpc) is 2.88. The second-order valence-corrected chi connectivity index (χ2v) is 10.7. The van der Waals surface area contributed by atoms with Gasteiger partial charge in [0.25, 0.3) is 10.0 Å². The normalized spacial score (nSPS) is 12.0. The van der Waals surface area contributed by atoms with E-state index in [1.807, 2.05) is 0 Å². The van der Waals surface area contributed by atoms with E-state index in [0.717, 1.165) is 9.21 Å². The second kappa shape index (κ2) is 12.4. The van der Waals surface area contributed by atoms with Crippen molar-refractivity contribution in [2.24, 2.45) is 0 Å². The minimum atomic E-state index is -4.29. The molecule has 1 atom stereocenters. The number of hydrogen-bond donors (Lipinski definition) is 1. The lowest BCUT2D eigenvalue weighted by Gasteiger charge is -2.32. The molecular weight excluding hydrogens is 540 g/mol. The van der Waals surface area contributed by atoms with Gasteiger partial charge in [0.15, 0.2) is 0 Å². The van der Waals surface area contributed by atoms with E-state index in [1.54, 1.807) is 31.2 Å². The maximum Gasteiger partial charge on any atom is 0.264 e. The molecule has 3 rings (SSSR count). The lowest BCUT2D eigenvalue weighted by molar-refractivity contribution is -0.139. The van der Waals surface area contributed by atoms with Gasteiger partial charge < -0.3 is 10.2 Å². The van der Waals surface area contributed by atoms with Gasteiger partial charge in [-0.3, -0.25) is 13.9 Å². The number of carbonyl (C=O) groups is 2. The third kappa shape index (κ3) is 6.60. The first-order chi connectivity index (χ1) is 17.6. The molecule has 7 nitrogen and oxygen atoms in total. The predicted molar refractivity (Wildman–Crippen MR) is 143 cm³/mol. The van der Waals surface area contributed by atoms with Gasteiger partial charge >= 0.3 is 0 Å². The maximum atomic E-state index is 14.5. The van der Waals surface area contributed by atoms with Gasteiger partial charge in [-0.15, -0.1) is 0 Å². The Morgan fingerprint density at radius 2 is 1.62 bits per heavy atom. The van der Waals surface area contributed by atoms with Crippen molar-refractivity contribution in [2.75, 3.05) is 17.4 Å². The lowest BCUT2D eigenvalue weighted by atomic mass is 10.1. The Morgan fingerprint density at radius 1 is 0.973 bits per heavy atom. The van der Waals surface area contributed by atoms with E-state index in [4.69, 9.17) is 23.2 Å². The molecule has 0 spiro atoms. The number of carbonyl (C=O) groups excluding carboxylic acids is 2. The smallest absolute Gasteiger partial charge is 0.264 e. The second-order valence-electron chi connectivity index (χ2n) is 8.08. The summed E-state index contributed by atoms with van der Waals surface area (Å²) in [5, 5.41) is 2.68. The molecule has 1 N–H and O–H groups in total. The number of hydrogen-bond acceptors (Lipinski definition) is 4. The summed E-state index contributed by atoms with van der Waals surface area (Å²) in [6.07, 6.45) is 0. The predicted octanol–water partition coefficient (Wildman–Crippen LogP) is 4.88. The molecular formula is C26H26Cl2FN3O4S. The van der Waals surface area contributed by atoms with Crippen LogP contribution in [-0.2, 0) is 26.2 Å². The molecule has 0 aromatic heterocycles. The molecule has 1 unspecified atom stereocenters. The first kappa shape index (κ1) is 28.4. The van der Waals surface area contributed by atoms with Crippen LogP contribution in [0.25, 0.3) is 0 Å². The Balaban J connectivity index is 2.08. The van der Waals surface area contributed by atoms with Crippen LogP contribution < -0.4 is 9.62 Å². The molecule has 0 aliphatic rings. The summed E-state index contributed by atoms with van der Waals surface area (Å²) in [7, 11) is -4.29. The van der Waals surface area contributed by atoms with Gasteiger partial charge in [-0.1, -0.05) is 65.7 Å². The number of anilines is 1. The van der Waals surface area contributed by atoms with E-state index in [1.165, 1.54) is 55.5 Å². The summed E-state index contributed by atoms with van der Waals surface area (Å²) in [4.78, 5) is 27.4. The fourth-order valence-electron chi connectivity index (χ4n) is 3.63. The topological polar surface area (TPSA) is 86.8 Å². The zero-order valence-corrected chi connectivity index (χ0v) is 22.5. The maximum absolute atomic E-state index is 14.5. The summed E-state index contributed by atoms with van der Waals surface area (Å²) in [6.45, 7) is 2.56. The molecule has 0 saturated carbocycles. The number of benzene rings is 3. The minimum absolute atomic E-state index is 0.0112. The summed E-state index contributed by atoms with van der Waals surface area (Å²) >= 11 is 12.5. The molecule has 0 heterocycles. The highest BCUT2D eigenvalue weighted by Gasteiger charge is 2.33. The van der Waals surface area contributed by atoms with Crippen molar-refractivity contribution in [3.05, 3.63) is 94.2 Å². The molecule has 11 heteroatoms. The Hall–Kier alpha value is -3.14. The summed E-state index contributed by atoms with van der Waals surface area (Å²) < 4.78 is 42.7. The van der Waals surface area contributed by atoms with Crippen molar-refractivity contribution in [1.82, 2.24) is 10.2 Å². The standard InChI is InChI=1S/C26H26Cl2FN3O4S/c1-3-30-26(34)18(2)31(16-19-10-7-8-14-22(19)29)24(33)17-32(23-15-9-13-21(27)25(23)28)37(35,36)20-11-5-4-6-12-20/h4-15,18H,3,16-17H2,1-2H3,(H,30,34). The van der Waals surface area contributed by atoms with E-state index >= 15 is 0 Å². The Bertz CT molecular complexity index is 1370. The van der Waals surface area contributed by atoms with Crippen molar-refractivity contribution >= 4 is 50.7 Å². The van der Waals surface area contributed by atoms with Crippen molar-refractivity contribution in [3.63, 3.8) is 0 Å². The summed E-state index contributed by atoms with van der Waals surface area (Å²) in [6, 6.07) is 16.8. The minimum Gasteiger partial charge on any atom is -0.355 e. The van der Waals surface area contributed by atoms with Crippen molar-refractivity contribution < 1.29 is 22.4 Å². The summed E-state index contributed by atoms with van der Waals surface area (Å²) in [5.74, 6) is -1.77. The molecule has 3 aromatic carbocycles. The molecule has 0 fully saturated rings. The van der Waals surface area contributed by atoms with Crippen LogP contribution >= 0.6 is 23.2 Å². The molecule has 2 amide bonds. The number of nitrogens with zero attached hydrogens (tertiary/aromatic N) is 2. The first-order valence-electron chi connectivity index (χ1n) is 11.4. The van der Waals surface area contributed by atoms with E-state index in [2.05, 4.69) is 5.32 Å². The molecule has 196 valence electrons. The fourth-order valence-corrected chi connectivity index (χ4v) is 5.53. The number of likely N-dealkylation sites (N-methyl/N-ethyl adjacent to an activating group) is 1. The average molecular weight is 566 g/mol. The number of nitrogens with one attached hydrogen (secondary N) is 1. The largest absolute Gasteiger partial charge is 0.355 e. The molecule has 0 aliphatic heterocycles. The Labute approximate surface area is 225 Å².